The third-order valence-electron chi connectivity index (χ3n) is 3.60. The van der Waals surface area contributed by atoms with Crippen LogP contribution in [-0.4, -0.2) is 37.0 Å². The number of amides is 1. The number of nitrogens with zero attached hydrogens (tertiary/aromatic N) is 1. The number of carbonyl (C=O) groups excluding carboxylic acids is 1. The Bertz CT molecular complexity index is 232. The quantitative estimate of drug-likeness (QED) is 0.810. The van der Waals surface area contributed by atoms with E-state index in [2.05, 4.69) is 26.1 Å². The van der Waals surface area contributed by atoms with Crippen molar-refractivity contribution in [2.75, 3.05) is 20.1 Å². The predicted octanol–water partition coefficient (Wildman–Crippen LogP) is 1.91. The maximum Gasteiger partial charge on any atom is 0.225 e. The predicted molar refractivity (Wildman–Crippen MR) is 69.9 cm³/mol. The summed E-state index contributed by atoms with van der Waals surface area (Å²) in [5, 5.41) is 3.29. The van der Waals surface area contributed by atoms with Crippen molar-refractivity contribution in [3.8, 4) is 0 Å². The molecular weight excluding hydrogens is 224 g/mol. The van der Waals surface area contributed by atoms with Gasteiger partial charge in [-0.2, -0.15) is 0 Å². The molecule has 3 nitrogen and oxygen atoms in total. The summed E-state index contributed by atoms with van der Waals surface area (Å²) in [5.41, 5.74) is 0.0530. The Kier molecular flexibility index (Phi) is 5.77. The van der Waals surface area contributed by atoms with Gasteiger partial charge in [-0.05, 0) is 18.4 Å². The van der Waals surface area contributed by atoms with Crippen LogP contribution in [0.3, 0.4) is 0 Å². The highest BCUT2D eigenvalue weighted by molar-refractivity contribution is 5.85. The number of halogens is 1. The van der Waals surface area contributed by atoms with E-state index in [0.717, 1.165) is 19.5 Å². The lowest BCUT2D eigenvalue weighted by Gasteiger charge is -2.33. The van der Waals surface area contributed by atoms with E-state index in [-0.39, 0.29) is 29.6 Å². The standard InChI is InChI=1S/C12H24N2O.ClH/c1-9(12(2,3)4)11(15)14(5)10-6-7-13-8-10;/h9-10,13H,6-8H2,1-5H3;1H. The van der Waals surface area contributed by atoms with Crippen molar-refractivity contribution in [1.29, 1.82) is 0 Å². The fourth-order valence-corrected chi connectivity index (χ4v) is 1.83. The first kappa shape index (κ1) is 15.7. The van der Waals surface area contributed by atoms with Gasteiger partial charge in [0.25, 0.3) is 0 Å². The van der Waals surface area contributed by atoms with Crippen LogP contribution >= 0.6 is 12.4 Å². The van der Waals surface area contributed by atoms with E-state index in [1.807, 2.05) is 18.9 Å². The van der Waals surface area contributed by atoms with Crippen molar-refractivity contribution in [3.05, 3.63) is 0 Å². The molecule has 1 N–H and O–H groups in total. The summed E-state index contributed by atoms with van der Waals surface area (Å²) in [6, 6.07) is 0.391. The van der Waals surface area contributed by atoms with Crippen molar-refractivity contribution < 1.29 is 4.79 Å². The molecule has 96 valence electrons. The van der Waals surface area contributed by atoms with E-state index in [9.17, 15) is 4.79 Å². The summed E-state index contributed by atoms with van der Waals surface area (Å²) < 4.78 is 0. The summed E-state index contributed by atoms with van der Waals surface area (Å²) in [4.78, 5) is 14.1. The van der Waals surface area contributed by atoms with E-state index in [4.69, 9.17) is 0 Å². The molecule has 1 rings (SSSR count). The average Bonchev–Trinajstić information content (AvgIpc) is 2.65. The van der Waals surface area contributed by atoms with Crippen molar-refractivity contribution in [2.45, 2.75) is 40.2 Å². The molecule has 16 heavy (non-hydrogen) atoms. The molecule has 0 aromatic carbocycles. The van der Waals surface area contributed by atoms with Gasteiger partial charge >= 0.3 is 0 Å². The summed E-state index contributed by atoms with van der Waals surface area (Å²) in [6.07, 6.45) is 1.08. The SMILES string of the molecule is CC(C(=O)N(C)C1CCNC1)C(C)(C)C.Cl. The van der Waals surface area contributed by atoms with Crippen LogP contribution in [0.1, 0.15) is 34.1 Å². The topological polar surface area (TPSA) is 32.3 Å². The lowest BCUT2D eigenvalue weighted by molar-refractivity contribution is -0.138. The zero-order valence-electron chi connectivity index (χ0n) is 11.0. The number of hydrogen-bond acceptors (Lipinski definition) is 2. The molecule has 0 radical (unpaired) electrons. The minimum Gasteiger partial charge on any atom is -0.341 e. The van der Waals surface area contributed by atoms with E-state index in [0.29, 0.717) is 6.04 Å². The van der Waals surface area contributed by atoms with Crippen molar-refractivity contribution in [3.63, 3.8) is 0 Å². The smallest absolute Gasteiger partial charge is 0.225 e. The van der Waals surface area contributed by atoms with Crippen molar-refractivity contribution in [1.82, 2.24) is 10.2 Å². The molecule has 0 bridgehead atoms. The van der Waals surface area contributed by atoms with Gasteiger partial charge in [0, 0.05) is 25.6 Å². The summed E-state index contributed by atoms with van der Waals surface area (Å²) >= 11 is 0. The van der Waals surface area contributed by atoms with Gasteiger partial charge in [0.2, 0.25) is 5.91 Å². The Balaban J connectivity index is 0.00000225. The van der Waals surface area contributed by atoms with Crippen molar-refractivity contribution >= 4 is 18.3 Å². The molecule has 1 fully saturated rings. The second-order valence-electron chi connectivity index (χ2n) is 5.68. The first-order valence-electron chi connectivity index (χ1n) is 5.81. The van der Waals surface area contributed by atoms with Crippen LogP contribution in [0.25, 0.3) is 0 Å². The second kappa shape index (κ2) is 5.87. The third kappa shape index (κ3) is 3.63. The van der Waals surface area contributed by atoms with Crippen LogP contribution in [0.2, 0.25) is 0 Å². The van der Waals surface area contributed by atoms with E-state index < -0.39 is 0 Å². The van der Waals surface area contributed by atoms with Crippen LogP contribution in [0.5, 0.6) is 0 Å². The highest BCUT2D eigenvalue weighted by atomic mass is 35.5. The minimum absolute atomic E-state index is 0. The maximum absolute atomic E-state index is 12.2. The Hall–Kier alpha value is -0.280. The largest absolute Gasteiger partial charge is 0.341 e. The zero-order valence-corrected chi connectivity index (χ0v) is 11.9. The monoisotopic (exact) mass is 248 g/mol. The van der Waals surface area contributed by atoms with Gasteiger partial charge in [-0.1, -0.05) is 27.7 Å². The van der Waals surface area contributed by atoms with Crippen LogP contribution in [0.4, 0.5) is 0 Å². The molecule has 1 heterocycles. The van der Waals surface area contributed by atoms with Gasteiger partial charge < -0.3 is 10.2 Å². The van der Waals surface area contributed by atoms with Crippen molar-refractivity contribution in [2.24, 2.45) is 11.3 Å². The molecule has 2 atom stereocenters. The van der Waals surface area contributed by atoms with Gasteiger partial charge in [-0.15, -0.1) is 12.4 Å². The van der Waals surface area contributed by atoms with E-state index >= 15 is 0 Å². The molecule has 0 aromatic rings. The van der Waals surface area contributed by atoms with Gasteiger partial charge in [0.1, 0.15) is 0 Å². The molecular formula is C12H25ClN2O. The Morgan fingerprint density at radius 2 is 2.00 bits per heavy atom. The second-order valence-corrected chi connectivity index (χ2v) is 5.68. The average molecular weight is 249 g/mol. The summed E-state index contributed by atoms with van der Waals surface area (Å²) in [7, 11) is 1.93. The summed E-state index contributed by atoms with van der Waals surface area (Å²) in [5.74, 6) is 0.360. The maximum atomic E-state index is 12.2. The van der Waals surface area contributed by atoms with E-state index in [1.165, 1.54) is 0 Å². The van der Waals surface area contributed by atoms with Gasteiger partial charge in [-0.3, -0.25) is 4.79 Å². The van der Waals surface area contributed by atoms with Crippen LogP contribution < -0.4 is 5.32 Å². The normalized spacial score (nSPS) is 22.4. The molecule has 1 amide bonds. The first-order chi connectivity index (χ1) is 6.84. The summed E-state index contributed by atoms with van der Waals surface area (Å²) in [6.45, 7) is 10.4. The van der Waals surface area contributed by atoms with Gasteiger partial charge in [0.15, 0.2) is 0 Å². The lowest BCUT2D eigenvalue weighted by Crippen LogP contribution is -2.44. The number of carbonyl (C=O) groups is 1. The number of likely N-dealkylation sites (N-methyl/N-ethyl adjacent to an activating group) is 1. The van der Waals surface area contributed by atoms with Gasteiger partial charge in [-0.25, -0.2) is 0 Å². The fourth-order valence-electron chi connectivity index (χ4n) is 1.83. The molecule has 4 heteroatoms. The molecule has 1 aliphatic rings. The molecule has 0 aromatic heterocycles. The molecule has 2 unspecified atom stereocenters. The molecule has 0 aliphatic carbocycles. The Morgan fingerprint density at radius 3 is 2.38 bits per heavy atom. The molecule has 0 spiro atoms. The molecule has 1 aliphatic heterocycles. The molecule has 0 saturated carbocycles. The number of nitrogens with one attached hydrogen (secondary N) is 1. The van der Waals surface area contributed by atoms with Crippen LogP contribution in [0.15, 0.2) is 0 Å². The number of hydrogen-bond donors (Lipinski definition) is 1. The lowest BCUT2D eigenvalue weighted by atomic mass is 9.81. The fraction of sp³-hybridized carbons (Fsp3) is 0.917. The third-order valence-corrected chi connectivity index (χ3v) is 3.60. The minimum atomic E-state index is 0. The molecule has 1 saturated heterocycles. The van der Waals surface area contributed by atoms with Crippen LogP contribution in [0, 0.1) is 11.3 Å². The van der Waals surface area contributed by atoms with Gasteiger partial charge in [0.05, 0.1) is 0 Å². The Labute approximate surface area is 105 Å². The van der Waals surface area contributed by atoms with E-state index in [1.54, 1.807) is 0 Å². The number of rotatable bonds is 2. The first-order valence-corrected chi connectivity index (χ1v) is 5.81. The van der Waals surface area contributed by atoms with Crippen LogP contribution in [-0.2, 0) is 4.79 Å². The highest BCUT2D eigenvalue weighted by Crippen LogP contribution is 2.27. The highest BCUT2D eigenvalue weighted by Gasteiger charge is 2.32. The Morgan fingerprint density at radius 1 is 1.44 bits per heavy atom. The zero-order chi connectivity index (χ0) is 11.6.